The minimum absolute atomic E-state index is 0.0847. The third-order valence-corrected chi connectivity index (χ3v) is 3.90. The van der Waals surface area contributed by atoms with E-state index in [2.05, 4.69) is 28.5 Å². The molecular weight excluding hydrogens is 316 g/mol. The van der Waals surface area contributed by atoms with Crippen molar-refractivity contribution in [3.63, 3.8) is 0 Å². The Labute approximate surface area is 139 Å². The molecule has 1 aliphatic rings. The third kappa shape index (κ3) is 4.79. The average Bonchev–Trinajstić information content (AvgIpc) is 2.56. The van der Waals surface area contributed by atoms with E-state index in [0.717, 1.165) is 19.3 Å². The van der Waals surface area contributed by atoms with Crippen LogP contribution in [0.3, 0.4) is 0 Å². The summed E-state index contributed by atoms with van der Waals surface area (Å²) in [6.45, 7) is -0.250. The summed E-state index contributed by atoms with van der Waals surface area (Å²) in [7, 11) is 0. The number of carbonyl (C=O) groups excluding carboxylic acids is 1. The number of pyridine rings is 1. The summed E-state index contributed by atoms with van der Waals surface area (Å²) in [4.78, 5) is 24.4. The number of nitrogens with zero attached hydrogens (tertiary/aromatic N) is 1. The van der Waals surface area contributed by atoms with Crippen molar-refractivity contribution in [2.75, 3.05) is 0 Å². The predicted molar refractivity (Wildman–Crippen MR) is 87.7 cm³/mol. The molecule has 2 aromatic rings. The Morgan fingerprint density at radius 2 is 1.96 bits per heavy atom. The molecule has 0 saturated heterocycles. The second-order valence-electron chi connectivity index (χ2n) is 5.16. The van der Waals surface area contributed by atoms with E-state index in [1.165, 1.54) is 17.3 Å². The first-order chi connectivity index (χ1) is 11.1. The van der Waals surface area contributed by atoms with Crippen molar-refractivity contribution in [1.29, 1.82) is 0 Å². The molecular formula is C17H17ClN2O3. The highest BCUT2D eigenvalue weighted by molar-refractivity contribution is 6.29. The first-order valence-electron chi connectivity index (χ1n) is 7.21. The normalized spacial score (nSPS) is 15.6. The highest BCUT2D eigenvalue weighted by atomic mass is 35.5. The second-order valence-corrected chi connectivity index (χ2v) is 5.54. The quantitative estimate of drug-likeness (QED) is 0.654. The molecule has 0 radical (unpaired) electrons. The number of carboxylic acid groups (broad SMARTS) is 1. The number of aromatic nitrogens is 1. The van der Waals surface area contributed by atoms with Gasteiger partial charge in [-0.05, 0) is 42.5 Å². The Bertz CT molecular complexity index is 674. The Balaban J connectivity index is 0.000000595. The van der Waals surface area contributed by atoms with Crippen LogP contribution in [0.25, 0.3) is 0 Å². The highest BCUT2D eigenvalue weighted by Gasteiger charge is 2.20. The number of benzene rings is 1. The van der Waals surface area contributed by atoms with E-state index in [1.54, 1.807) is 12.1 Å². The van der Waals surface area contributed by atoms with Crippen LogP contribution < -0.4 is 5.32 Å². The van der Waals surface area contributed by atoms with E-state index in [1.807, 2.05) is 6.07 Å². The van der Waals surface area contributed by atoms with Gasteiger partial charge in [-0.15, -0.1) is 0 Å². The summed E-state index contributed by atoms with van der Waals surface area (Å²) in [5.74, 6) is -0.0847. The SMILES string of the molecule is O=C(N[C@H]1CCc2ccccc2C1)c1ccc(Cl)nc1.O=CO. The maximum Gasteiger partial charge on any atom is 0.290 e. The average molecular weight is 333 g/mol. The molecule has 1 aliphatic carbocycles. The fraction of sp³-hybridized carbons (Fsp3) is 0.235. The van der Waals surface area contributed by atoms with Crippen molar-refractivity contribution < 1.29 is 14.7 Å². The molecule has 1 aromatic carbocycles. The molecule has 0 spiro atoms. The van der Waals surface area contributed by atoms with Gasteiger partial charge in [0.1, 0.15) is 5.15 Å². The van der Waals surface area contributed by atoms with Crippen molar-refractivity contribution in [3.8, 4) is 0 Å². The molecule has 6 heteroatoms. The summed E-state index contributed by atoms with van der Waals surface area (Å²) in [6.07, 6.45) is 4.39. The highest BCUT2D eigenvalue weighted by Crippen LogP contribution is 2.21. The number of nitrogens with one attached hydrogen (secondary N) is 1. The van der Waals surface area contributed by atoms with E-state index in [-0.39, 0.29) is 18.4 Å². The van der Waals surface area contributed by atoms with Crippen LogP contribution in [-0.4, -0.2) is 28.5 Å². The summed E-state index contributed by atoms with van der Waals surface area (Å²) in [5, 5.41) is 10.4. The van der Waals surface area contributed by atoms with Crippen LogP contribution in [0.1, 0.15) is 27.9 Å². The van der Waals surface area contributed by atoms with E-state index in [0.29, 0.717) is 10.7 Å². The van der Waals surface area contributed by atoms with Crippen LogP contribution >= 0.6 is 11.6 Å². The minimum Gasteiger partial charge on any atom is -0.483 e. The standard InChI is InChI=1S/C16H15ClN2O.CH2O2/c17-15-8-6-13(10-18-15)16(20)19-14-7-5-11-3-1-2-4-12(11)9-14;2-1-3/h1-4,6,8,10,14H,5,7,9H2,(H,19,20);1H,(H,2,3)/t14-;/m0./s1. The summed E-state index contributed by atoms with van der Waals surface area (Å²) < 4.78 is 0. The predicted octanol–water partition coefficient (Wildman–Crippen LogP) is 2.72. The zero-order valence-corrected chi connectivity index (χ0v) is 13.2. The maximum atomic E-state index is 12.1. The smallest absolute Gasteiger partial charge is 0.290 e. The zero-order chi connectivity index (χ0) is 16.7. The number of amides is 1. The van der Waals surface area contributed by atoms with Crippen molar-refractivity contribution in [1.82, 2.24) is 10.3 Å². The van der Waals surface area contributed by atoms with Gasteiger partial charge in [-0.2, -0.15) is 0 Å². The molecule has 0 saturated carbocycles. The third-order valence-electron chi connectivity index (χ3n) is 3.67. The van der Waals surface area contributed by atoms with Crippen LogP contribution in [-0.2, 0) is 17.6 Å². The Kier molecular flexibility index (Phi) is 6.11. The molecule has 1 amide bonds. The molecule has 1 aromatic heterocycles. The molecule has 0 aliphatic heterocycles. The monoisotopic (exact) mass is 332 g/mol. The van der Waals surface area contributed by atoms with Gasteiger partial charge in [-0.3, -0.25) is 9.59 Å². The lowest BCUT2D eigenvalue weighted by Crippen LogP contribution is -2.38. The van der Waals surface area contributed by atoms with Gasteiger partial charge in [0, 0.05) is 12.2 Å². The maximum absolute atomic E-state index is 12.1. The van der Waals surface area contributed by atoms with Crippen molar-refractivity contribution in [3.05, 3.63) is 64.4 Å². The number of rotatable bonds is 2. The van der Waals surface area contributed by atoms with Gasteiger partial charge in [0.15, 0.2) is 0 Å². The largest absolute Gasteiger partial charge is 0.483 e. The van der Waals surface area contributed by atoms with E-state index < -0.39 is 0 Å². The summed E-state index contributed by atoms with van der Waals surface area (Å²) >= 11 is 5.72. The lowest BCUT2D eigenvalue weighted by molar-refractivity contribution is -0.122. The number of fused-ring (bicyclic) bond motifs is 1. The number of halogens is 1. The first kappa shape index (κ1) is 17.0. The molecule has 1 atom stereocenters. The summed E-state index contributed by atoms with van der Waals surface area (Å²) in [6, 6.07) is 11.9. The lowest BCUT2D eigenvalue weighted by Gasteiger charge is -2.25. The zero-order valence-electron chi connectivity index (χ0n) is 12.4. The fourth-order valence-corrected chi connectivity index (χ4v) is 2.71. The molecule has 23 heavy (non-hydrogen) atoms. The van der Waals surface area contributed by atoms with Crippen molar-refractivity contribution >= 4 is 24.0 Å². The number of hydrogen-bond donors (Lipinski definition) is 2. The fourth-order valence-electron chi connectivity index (χ4n) is 2.60. The molecule has 1 heterocycles. The van der Waals surface area contributed by atoms with Crippen LogP contribution in [0, 0.1) is 0 Å². The molecule has 5 nitrogen and oxygen atoms in total. The molecule has 0 fully saturated rings. The molecule has 0 bridgehead atoms. The lowest BCUT2D eigenvalue weighted by atomic mass is 9.88. The van der Waals surface area contributed by atoms with Crippen molar-refractivity contribution in [2.45, 2.75) is 25.3 Å². The van der Waals surface area contributed by atoms with Crippen molar-refractivity contribution in [2.24, 2.45) is 0 Å². The second kappa shape index (κ2) is 8.29. The van der Waals surface area contributed by atoms with Crippen LogP contribution in [0.15, 0.2) is 42.6 Å². The van der Waals surface area contributed by atoms with Gasteiger partial charge in [0.05, 0.1) is 5.56 Å². The molecule has 0 unspecified atom stereocenters. The van der Waals surface area contributed by atoms with Crippen LogP contribution in [0.5, 0.6) is 0 Å². The first-order valence-corrected chi connectivity index (χ1v) is 7.59. The Morgan fingerprint density at radius 3 is 2.61 bits per heavy atom. The molecule has 120 valence electrons. The van der Waals surface area contributed by atoms with Gasteiger partial charge in [0.25, 0.3) is 12.4 Å². The van der Waals surface area contributed by atoms with Gasteiger partial charge in [0.2, 0.25) is 0 Å². The minimum atomic E-state index is -0.250. The van der Waals surface area contributed by atoms with Gasteiger partial charge >= 0.3 is 0 Å². The summed E-state index contributed by atoms with van der Waals surface area (Å²) in [5.41, 5.74) is 3.28. The van der Waals surface area contributed by atoms with Gasteiger partial charge < -0.3 is 10.4 Å². The number of carbonyl (C=O) groups is 2. The van der Waals surface area contributed by atoms with Crippen LogP contribution in [0.2, 0.25) is 5.15 Å². The van der Waals surface area contributed by atoms with Gasteiger partial charge in [-0.25, -0.2) is 4.98 Å². The van der Waals surface area contributed by atoms with E-state index in [4.69, 9.17) is 21.5 Å². The Morgan fingerprint density at radius 1 is 1.26 bits per heavy atom. The van der Waals surface area contributed by atoms with E-state index >= 15 is 0 Å². The number of hydrogen-bond acceptors (Lipinski definition) is 3. The van der Waals surface area contributed by atoms with Crippen LogP contribution in [0.4, 0.5) is 0 Å². The molecule has 2 N–H and O–H groups in total. The number of aryl methyl sites for hydroxylation is 1. The molecule has 3 rings (SSSR count). The van der Waals surface area contributed by atoms with E-state index in [9.17, 15) is 4.79 Å². The Hall–Kier alpha value is -2.40. The van der Waals surface area contributed by atoms with Gasteiger partial charge in [-0.1, -0.05) is 35.9 Å². The topological polar surface area (TPSA) is 79.3 Å².